The summed E-state index contributed by atoms with van der Waals surface area (Å²) in [6.07, 6.45) is 0. The minimum Gasteiger partial charge on any atom is -0.478 e. The van der Waals surface area contributed by atoms with Gasteiger partial charge in [0.25, 0.3) is 15.9 Å². The van der Waals surface area contributed by atoms with Crippen LogP contribution < -0.4 is 9.46 Å². The summed E-state index contributed by atoms with van der Waals surface area (Å²) in [5.74, 6) is -0.356. The van der Waals surface area contributed by atoms with Crippen molar-refractivity contribution in [1.82, 2.24) is 4.72 Å². The van der Waals surface area contributed by atoms with Gasteiger partial charge in [0.05, 0.1) is 4.90 Å². The van der Waals surface area contributed by atoms with Crippen LogP contribution >= 0.6 is 11.6 Å². The second kappa shape index (κ2) is 6.83. The minimum absolute atomic E-state index is 0.0174. The van der Waals surface area contributed by atoms with Crippen molar-refractivity contribution < 1.29 is 17.9 Å². The SMILES string of the molecule is Cc1ccc(S(=O)(=O)NC(=O)C(C)(C)Oc2ccc(Cl)cc2)cc1. The monoisotopic (exact) mass is 367 g/mol. The van der Waals surface area contributed by atoms with Crippen LogP contribution in [0.5, 0.6) is 5.75 Å². The van der Waals surface area contributed by atoms with Gasteiger partial charge in [0.1, 0.15) is 5.75 Å². The van der Waals surface area contributed by atoms with Gasteiger partial charge < -0.3 is 4.74 Å². The summed E-state index contributed by atoms with van der Waals surface area (Å²) in [6, 6.07) is 12.7. The van der Waals surface area contributed by atoms with Crippen molar-refractivity contribution in [3.8, 4) is 5.75 Å². The Morgan fingerprint density at radius 2 is 1.58 bits per heavy atom. The number of hydrogen-bond acceptors (Lipinski definition) is 4. The standard InChI is InChI=1S/C17H18ClNO4S/c1-12-4-10-15(11-5-12)24(21,22)19-16(20)17(2,3)23-14-8-6-13(18)7-9-14/h4-11H,1-3H3,(H,19,20). The third kappa shape index (κ3) is 4.49. The third-order valence-corrected chi connectivity index (χ3v) is 4.89. The summed E-state index contributed by atoms with van der Waals surface area (Å²) in [7, 11) is -3.96. The van der Waals surface area contributed by atoms with Gasteiger partial charge in [0.15, 0.2) is 5.60 Å². The fraction of sp³-hybridized carbons (Fsp3) is 0.235. The number of benzene rings is 2. The van der Waals surface area contributed by atoms with Crippen LogP contribution in [-0.2, 0) is 14.8 Å². The number of rotatable bonds is 5. The summed E-state index contributed by atoms with van der Waals surface area (Å²) in [5, 5.41) is 0.534. The Kier molecular flexibility index (Phi) is 5.20. The maximum atomic E-state index is 12.4. The molecule has 0 saturated heterocycles. The number of amides is 1. The normalized spacial score (nSPS) is 11.8. The van der Waals surface area contributed by atoms with Crippen LogP contribution in [0.2, 0.25) is 5.02 Å². The van der Waals surface area contributed by atoms with Gasteiger partial charge in [-0.3, -0.25) is 4.79 Å². The lowest BCUT2D eigenvalue weighted by Gasteiger charge is -2.25. The van der Waals surface area contributed by atoms with Crippen LogP contribution in [0.25, 0.3) is 0 Å². The number of nitrogens with one attached hydrogen (secondary N) is 1. The lowest BCUT2D eigenvalue weighted by molar-refractivity contribution is -0.132. The van der Waals surface area contributed by atoms with E-state index in [1.807, 2.05) is 11.6 Å². The maximum absolute atomic E-state index is 12.4. The molecule has 24 heavy (non-hydrogen) atoms. The molecule has 2 aromatic carbocycles. The smallest absolute Gasteiger partial charge is 0.277 e. The molecule has 0 aliphatic heterocycles. The Bertz CT molecular complexity index is 828. The van der Waals surface area contributed by atoms with E-state index in [1.165, 1.54) is 26.0 Å². The molecule has 0 saturated carbocycles. The van der Waals surface area contributed by atoms with Crippen molar-refractivity contribution >= 4 is 27.5 Å². The van der Waals surface area contributed by atoms with Crippen molar-refractivity contribution in [2.24, 2.45) is 0 Å². The molecule has 7 heteroatoms. The van der Waals surface area contributed by atoms with Crippen LogP contribution in [0, 0.1) is 6.92 Å². The van der Waals surface area contributed by atoms with Crippen molar-refractivity contribution in [1.29, 1.82) is 0 Å². The fourth-order valence-corrected chi connectivity index (χ4v) is 3.09. The predicted molar refractivity (Wildman–Crippen MR) is 92.7 cm³/mol. The zero-order valence-corrected chi connectivity index (χ0v) is 15.1. The van der Waals surface area contributed by atoms with Crippen LogP contribution in [0.3, 0.4) is 0 Å². The highest BCUT2D eigenvalue weighted by atomic mass is 35.5. The molecule has 2 rings (SSSR count). The highest BCUT2D eigenvalue weighted by molar-refractivity contribution is 7.90. The molecule has 2 aromatic rings. The van der Waals surface area contributed by atoms with Crippen LogP contribution in [-0.4, -0.2) is 19.9 Å². The molecular formula is C17H18ClNO4S. The van der Waals surface area contributed by atoms with Gasteiger partial charge >= 0.3 is 0 Å². The molecule has 0 aliphatic rings. The summed E-state index contributed by atoms with van der Waals surface area (Å²) < 4.78 is 32.2. The molecule has 0 radical (unpaired) electrons. The Hall–Kier alpha value is -2.05. The number of aryl methyl sites for hydroxylation is 1. The number of sulfonamides is 1. The molecule has 5 nitrogen and oxygen atoms in total. The molecule has 0 atom stereocenters. The quantitative estimate of drug-likeness (QED) is 0.879. The van der Waals surface area contributed by atoms with Crippen molar-refractivity contribution in [2.75, 3.05) is 0 Å². The van der Waals surface area contributed by atoms with E-state index < -0.39 is 21.5 Å². The second-order valence-electron chi connectivity index (χ2n) is 5.81. The first-order valence-corrected chi connectivity index (χ1v) is 9.05. The first-order chi connectivity index (χ1) is 11.1. The molecule has 0 aliphatic carbocycles. The van der Waals surface area contributed by atoms with E-state index in [0.29, 0.717) is 10.8 Å². The van der Waals surface area contributed by atoms with Crippen molar-refractivity contribution in [2.45, 2.75) is 31.3 Å². The molecule has 0 bridgehead atoms. The number of carbonyl (C=O) groups is 1. The van der Waals surface area contributed by atoms with Gasteiger partial charge in [-0.15, -0.1) is 0 Å². The van der Waals surface area contributed by atoms with Crippen LogP contribution in [0.4, 0.5) is 0 Å². The van der Waals surface area contributed by atoms with Gasteiger partial charge in [-0.05, 0) is 57.2 Å². The molecule has 0 heterocycles. The molecule has 0 unspecified atom stereocenters. The van der Waals surface area contributed by atoms with Crippen molar-refractivity contribution in [3.63, 3.8) is 0 Å². The highest BCUT2D eigenvalue weighted by Gasteiger charge is 2.33. The lowest BCUT2D eigenvalue weighted by Crippen LogP contribution is -2.48. The zero-order chi connectivity index (χ0) is 18.0. The molecule has 0 spiro atoms. The maximum Gasteiger partial charge on any atom is 0.277 e. The molecule has 1 N–H and O–H groups in total. The highest BCUT2D eigenvalue weighted by Crippen LogP contribution is 2.21. The number of hydrogen-bond donors (Lipinski definition) is 1. The van der Waals surface area contributed by atoms with E-state index in [1.54, 1.807) is 36.4 Å². The molecular weight excluding hydrogens is 350 g/mol. The van der Waals surface area contributed by atoms with E-state index in [2.05, 4.69) is 0 Å². The summed E-state index contributed by atoms with van der Waals surface area (Å²) >= 11 is 5.80. The summed E-state index contributed by atoms with van der Waals surface area (Å²) in [5.41, 5.74) is -0.460. The second-order valence-corrected chi connectivity index (χ2v) is 7.93. The molecule has 1 amide bonds. The number of carbonyl (C=O) groups excluding carboxylic acids is 1. The van der Waals surface area contributed by atoms with Gasteiger partial charge in [0, 0.05) is 5.02 Å². The molecule has 128 valence electrons. The fourth-order valence-electron chi connectivity index (χ4n) is 1.86. The van der Waals surface area contributed by atoms with E-state index in [9.17, 15) is 13.2 Å². The molecule has 0 fully saturated rings. The summed E-state index contributed by atoms with van der Waals surface area (Å²) in [6.45, 7) is 4.82. The van der Waals surface area contributed by atoms with E-state index in [0.717, 1.165) is 5.56 Å². The largest absolute Gasteiger partial charge is 0.478 e. The average Bonchev–Trinajstić information content (AvgIpc) is 2.49. The average molecular weight is 368 g/mol. The van der Waals surface area contributed by atoms with Gasteiger partial charge in [0.2, 0.25) is 0 Å². The first kappa shape index (κ1) is 18.3. The van der Waals surface area contributed by atoms with E-state index >= 15 is 0 Å². The topological polar surface area (TPSA) is 72.5 Å². The van der Waals surface area contributed by atoms with E-state index in [-0.39, 0.29) is 4.90 Å². The summed E-state index contributed by atoms with van der Waals surface area (Å²) in [4.78, 5) is 12.4. The van der Waals surface area contributed by atoms with Crippen LogP contribution in [0.1, 0.15) is 19.4 Å². The van der Waals surface area contributed by atoms with E-state index in [4.69, 9.17) is 16.3 Å². The Morgan fingerprint density at radius 3 is 2.12 bits per heavy atom. The Balaban J connectivity index is 2.14. The molecule has 0 aromatic heterocycles. The van der Waals surface area contributed by atoms with Crippen LogP contribution in [0.15, 0.2) is 53.4 Å². The zero-order valence-electron chi connectivity index (χ0n) is 13.5. The predicted octanol–water partition coefficient (Wildman–Crippen LogP) is 3.31. The number of ether oxygens (including phenoxy) is 1. The number of halogens is 1. The first-order valence-electron chi connectivity index (χ1n) is 7.19. The Morgan fingerprint density at radius 1 is 1.04 bits per heavy atom. The van der Waals surface area contributed by atoms with Gasteiger partial charge in [-0.25, -0.2) is 13.1 Å². The minimum atomic E-state index is -3.96. The van der Waals surface area contributed by atoms with Gasteiger partial charge in [-0.2, -0.15) is 0 Å². The Labute approximate surface area is 146 Å². The van der Waals surface area contributed by atoms with Gasteiger partial charge in [-0.1, -0.05) is 29.3 Å². The lowest BCUT2D eigenvalue weighted by atomic mass is 10.1. The van der Waals surface area contributed by atoms with Crippen molar-refractivity contribution in [3.05, 3.63) is 59.1 Å². The third-order valence-electron chi connectivity index (χ3n) is 3.29.